The number of aromatic nitrogens is 2. The topological polar surface area (TPSA) is 47.0 Å². The lowest BCUT2D eigenvalue weighted by atomic mass is 10.1. The molecule has 1 aromatic heterocycles. The molecule has 2 aromatic rings. The van der Waals surface area contributed by atoms with E-state index in [4.69, 9.17) is 9.72 Å². The van der Waals surface area contributed by atoms with Crippen molar-refractivity contribution in [2.75, 3.05) is 19.0 Å². The summed E-state index contributed by atoms with van der Waals surface area (Å²) in [4.78, 5) is 9.28. The van der Waals surface area contributed by atoms with E-state index in [9.17, 15) is 0 Å². The van der Waals surface area contributed by atoms with E-state index in [1.54, 1.807) is 0 Å². The van der Waals surface area contributed by atoms with E-state index in [1.807, 2.05) is 44.3 Å². The minimum atomic E-state index is 0.529. The summed E-state index contributed by atoms with van der Waals surface area (Å²) in [5, 5.41) is 3.12. The van der Waals surface area contributed by atoms with E-state index >= 15 is 0 Å². The molecule has 0 aliphatic heterocycles. The molecule has 1 aromatic carbocycles. The van der Waals surface area contributed by atoms with Crippen LogP contribution < -0.4 is 10.1 Å². The van der Waals surface area contributed by atoms with Crippen LogP contribution in [-0.2, 0) is 0 Å². The smallest absolute Gasteiger partial charge is 0.134 e. The molecule has 0 atom stereocenters. The SMILES string of the molecule is CCOc1ccccc1-c1cc(NC)nc(C2CC2)n1. The zero-order valence-corrected chi connectivity index (χ0v) is 11.9. The maximum absolute atomic E-state index is 5.70. The summed E-state index contributed by atoms with van der Waals surface area (Å²) in [7, 11) is 1.89. The van der Waals surface area contributed by atoms with Gasteiger partial charge in [-0.1, -0.05) is 12.1 Å². The highest BCUT2D eigenvalue weighted by Gasteiger charge is 2.27. The normalized spacial score (nSPS) is 14.1. The summed E-state index contributed by atoms with van der Waals surface area (Å²) >= 11 is 0. The van der Waals surface area contributed by atoms with Crippen LogP contribution in [0.15, 0.2) is 30.3 Å². The number of anilines is 1. The Kier molecular flexibility index (Phi) is 3.54. The highest BCUT2D eigenvalue weighted by atomic mass is 16.5. The van der Waals surface area contributed by atoms with Crippen molar-refractivity contribution in [3.63, 3.8) is 0 Å². The minimum absolute atomic E-state index is 0.529. The Hall–Kier alpha value is -2.10. The standard InChI is InChI=1S/C16H19N3O/c1-3-20-14-7-5-4-6-12(14)13-10-15(17-2)19-16(18-13)11-8-9-11/h4-7,10-11H,3,8-9H2,1-2H3,(H,17,18,19). The third-order valence-corrected chi connectivity index (χ3v) is 3.40. The van der Waals surface area contributed by atoms with Gasteiger partial charge in [0.2, 0.25) is 0 Å². The lowest BCUT2D eigenvalue weighted by Crippen LogP contribution is -2.02. The predicted octanol–water partition coefficient (Wildman–Crippen LogP) is 3.46. The Balaban J connectivity index is 2.06. The number of para-hydroxylation sites is 1. The molecule has 1 aliphatic carbocycles. The molecule has 0 spiro atoms. The van der Waals surface area contributed by atoms with Gasteiger partial charge in [-0.05, 0) is 31.9 Å². The van der Waals surface area contributed by atoms with Gasteiger partial charge in [0, 0.05) is 24.6 Å². The Morgan fingerprint density at radius 2 is 2.05 bits per heavy atom. The van der Waals surface area contributed by atoms with Crippen molar-refractivity contribution in [3.05, 3.63) is 36.2 Å². The highest BCUT2D eigenvalue weighted by Crippen LogP contribution is 2.40. The summed E-state index contributed by atoms with van der Waals surface area (Å²) in [6.07, 6.45) is 2.39. The Bertz CT molecular complexity index is 608. The zero-order chi connectivity index (χ0) is 13.9. The van der Waals surface area contributed by atoms with E-state index in [1.165, 1.54) is 12.8 Å². The number of hydrogen-bond donors (Lipinski definition) is 1. The monoisotopic (exact) mass is 269 g/mol. The van der Waals surface area contributed by atoms with E-state index in [2.05, 4.69) is 10.3 Å². The number of benzene rings is 1. The number of nitrogens with one attached hydrogen (secondary N) is 1. The molecule has 104 valence electrons. The van der Waals surface area contributed by atoms with Crippen molar-refractivity contribution in [3.8, 4) is 17.0 Å². The number of ether oxygens (including phenoxy) is 1. The lowest BCUT2D eigenvalue weighted by molar-refractivity contribution is 0.341. The van der Waals surface area contributed by atoms with E-state index in [-0.39, 0.29) is 0 Å². The van der Waals surface area contributed by atoms with Crippen LogP contribution in [0.4, 0.5) is 5.82 Å². The second-order valence-electron chi connectivity index (χ2n) is 4.95. The fourth-order valence-corrected chi connectivity index (χ4v) is 2.22. The Morgan fingerprint density at radius 1 is 1.25 bits per heavy atom. The van der Waals surface area contributed by atoms with Crippen LogP contribution in [0.5, 0.6) is 5.75 Å². The van der Waals surface area contributed by atoms with Crippen molar-refractivity contribution >= 4 is 5.82 Å². The first-order chi connectivity index (χ1) is 9.81. The molecule has 4 nitrogen and oxygen atoms in total. The molecule has 1 fully saturated rings. The molecule has 1 N–H and O–H groups in total. The van der Waals surface area contributed by atoms with E-state index < -0.39 is 0 Å². The lowest BCUT2D eigenvalue weighted by Gasteiger charge is -2.11. The van der Waals surface area contributed by atoms with Gasteiger partial charge in [-0.3, -0.25) is 0 Å². The van der Waals surface area contributed by atoms with Crippen molar-refractivity contribution in [2.24, 2.45) is 0 Å². The molecule has 1 aliphatic rings. The quantitative estimate of drug-likeness (QED) is 0.903. The molecule has 1 heterocycles. The van der Waals surface area contributed by atoms with Crippen LogP contribution in [0.25, 0.3) is 11.3 Å². The van der Waals surface area contributed by atoms with Gasteiger partial charge < -0.3 is 10.1 Å². The van der Waals surface area contributed by atoms with Crippen LogP contribution in [-0.4, -0.2) is 23.6 Å². The second-order valence-corrected chi connectivity index (χ2v) is 4.95. The number of hydrogen-bond acceptors (Lipinski definition) is 4. The first-order valence-electron chi connectivity index (χ1n) is 7.10. The molecular weight excluding hydrogens is 250 g/mol. The molecule has 0 amide bonds. The Morgan fingerprint density at radius 3 is 2.75 bits per heavy atom. The highest BCUT2D eigenvalue weighted by molar-refractivity contribution is 5.69. The average Bonchev–Trinajstić information content (AvgIpc) is 3.32. The van der Waals surface area contributed by atoms with Gasteiger partial charge in [0.25, 0.3) is 0 Å². The first kappa shape index (κ1) is 12.9. The maximum atomic E-state index is 5.70. The molecule has 0 unspecified atom stereocenters. The third-order valence-electron chi connectivity index (χ3n) is 3.40. The molecular formula is C16H19N3O. The minimum Gasteiger partial charge on any atom is -0.493 e. The van der Waals surface area contributed by atoms with Gasteiger partial charge in [0.1, 0.15) is 17.4 Å². The van der Waals surface area contributed by atoms with Gasteiger partial charge >= 0.3 is 0 Å². The maximum Gasteiger partial charge on any atom is 0.134 e. The van der Waals surface area contributed by atoms with Crippen molar-refractivity contribution in [2.45, 2.75) is 25.7 Å². The fourth-order valence-electron chi connectivity index (χ4n) is 2.22. The van der Waals surface area contributed by atoms with Crippen LogP contribution in [0.3, 0.4) is 0 Å². The molecule has 0 radical (unpaired) electrons. The molecule has 0 bridgehead atoms. The van der Waals surface area contributed by atoms with Gasteiger partial charge in [0.15, 0.2) is 0 Å². The molecule has 1 saturated carbocycles. The zero-order valence-electron chi connectivity index (χ0n) is 11.9. The number of rotatable bonds is 5. The summed E-state index contributed by atoms with van der Waals surface area (Å²) in [6.45, 7) is 2.64. The second kappa shape index (κ2) is 5.49. The third kappa shape index (κ3) is 2.59. The van der Waals surface area contributed by atoms with Gasteiger partial charge in [-0.15, -0.1) is 0 Å². The average molecular weight is 269 g/mol. The summed E-state index contributed by atoms with van der Waals surface area (Å²) in [5.74, 6) is 3.21. The largest absolute Gasteiger partial charge is 0.493 e. The predicted molar refractivity (Wildman–Crippen MR) is 80.2 cm³/mol. The summed E-state index contributed by atoms with van der Waals surface area (Å²) in [6, 6.07) is 10.00. The van der Waals surface area contributed by atoms with Crippen molar-refractivity contribution in [1.82, 2.24) is 9.97 Å². The van der Waals surface area contributed by atoms with Crippen LogP contribution >= 0.6 is 0 Å². The molecule has 0 saturated heterocycles. The molecule has 4 heteroatoms. The van der Waals surface area contributed by atoms with Crippen LogP contribution in [0, 0.1) is 0 Å². The number of nitrogens with zero attached hydrogens (tertiary/aromatic N) is 2. The van der Waals surface area contributed by atoms with Crippen LogP contribution in [0.2, 0.25) is 0 Å². The van der Waals surface area contributed by atoms with Gasteiger partial charge in [-0.2, -0.15) is 0 Å². The molecule has 20 heavy (non-hydrogen) atoms. The van der Waals surface area contributed by atoms with Gasteiger partial charge in [-0.25, -0.2) is 9.97 Å². The summed E-state index contributed by atoms with van der Waals surface area (Å²) in [5.41, 5.74) is 1.95. The van der Waals surface area contributed by atoms with Crippen LogP contribution in [0.1, 0.15) is 31.5 Å². The first-order valence-corrected chi connectivity index (χ1v) is 7.10. The fraction of sp³-hybridized carbons (Fsp3) is 0.375. The van der Waals surface area contributed by atoms with E-state index in [0.717, 1.165) is 28.6 Å². The molecule has 3 rings (SSSR count). The van der Waals surface area contributed by atoms with Gasteiger partial charge in [0.05, 0.1) is 12.3 Å². The summed E-state index contributed by atoms with van der Waals surface area (Å²) < 4.78 is 5.70. The van der Waals surface area contributed by atoms with Crippen molar-refractivity contribution in [1.29, 1.82) is 0 Å². The van der Waals surface area contributed by atoms with E-state index in [0.29, 0.717) is 12.5 Å². The van der Waals surface area contributed by atoms with Crippen molar-refractivity contribution < 1.29 is 4.74 Å². The Labute approximate surface area is 119 Å².